The van der Waals surface area contributed by atoms with Crippen molar-refractivity contribution >= 4 is 0 Å². The van der Waals surface area contributed by atoms with Crippen molar-refractivity contribution in [2.45, 2.75) is 53.6 Å². The maximum absolute atomic E-state index is 6.13. The number of ether oxygens (including phenoxy) is 3. The van der Waals surface area contributed by atoms with Gasteiger partial charge in [-0.1, -0.05) is 64.4 Å². The summed E-state index contributed by atoms with van der Waals surface area (Å²) >= 11 is 0. The number of rotatable bonds is 7. The van der Waals surface area contributed by atoms with E-state index < -0.39 is 0 Å². The Morgan fingerprint density at radius 2 is 1.27 bits per heavy atom. The molecule has 3 nitrogen and oxygen atoms in total. The Bertz CT molecular complexity index is 561. The minimum absolute atomic E-state index is 0.0406. The second-order valence-electron chi connectivity index (χ2n) is 5.49. The van der Waals surface area contributed by atoms with Crippen molar-refractivity contribution in [2.24, 2.45) is 0 Å². The van der Waals surface area contributed by atoms with Crippen molar-refractivity contribution < 1.29 is 14.2 Å². The Morgan fingerprint density at radius 1 is 0.769 bits per heavy atom. The molecule has 0 aliphatic heterocycles. The van der Waals surface area contributed by atoms with Crippen molar-refractivity contribution in [2.75, 3.05) is 20.8 Å². The molecule has 2 aromatic carbocycles. The first-order chi connectivity index (χ1) is 12.6. The van der Waals surface area contributed by atoms with Gasteiger partial charge in [0, 0.05) is 13.0 Å². The Morgan fingerprint density at radius 3 is 1.73 bits per heavy atom. The van der Waals surface area contributed by atoms with Gasteiger partial charge in [0.15, 0.2) is 0 Å². The predicted molar refractivity (Wildman–Crippen MR) is 112 cm³/mol. The summed E-state index contributed by atoms with van der Waals surface area (Å²) in [6, 6.07) is 16.2. The van der Waals surface area contributed by atoms with Crippen LogP contribution in [0.2, 0.25) is 0 Å². The van der Waals surface area contributed by atoms with E-state index in [2.05, 4.69) is 38.1 Å². The van der Waals surface area contributed by atoms with Gasteiger partial charge >= 0.3 is 0 Å². The largest absolute Gasteiger partial charge is 0.497 e. The zero-order chi connectivity index (χ0) is 19.9. The molecule has 2 unspecified atom stereocenters. The Balaban J connectivity index is 0.00000146. The zero-order valence-electron chi connectivity index (χ0n) is 17.7. The molecule has 0 saturated heterocycles. The van der Waals surface area contributed by atoms with Crippen molar-refractivity contribution in [3.05, 3.63) is 59.7 Å². The standard InChI is InChI=1S/C19H24O3.2C2H6/c1-14-5-9-18(10-6-14)22-19(13-20-3)15(2)16-7-11-17(21-4)12-8-16;2*1-2/h5-12,15,19H,13H2,1-4H3;2*1-2H3. The van der Waals surface area contributed by atoms with Gasteiger partial charge in [-0.25, -0.2) is 0 Å². The molecular weight excluding hydrogens is 324 g/mol. The van der Waals surface area contributed by atoms with Gasteiger partial charge in [0.2, 0.25) is 0 Å². The van der Waals surface area contributed by atoms with Gasteiger partial charge in [0.1, 0.15) is 17.6 Å². The van der Waals surface area contributed by atoms with Gasteiger partial charge in [-0.2, -0.15) is 0 Å². The van der Waals surface area contributed by atoms with Gasteiger partial charge in [0.05, 0.1) is 13.7 Å². The highest BCUT2D eigenvalue weighted by Gasteiger charge is 2.21. The Labute approximate surface area is 160 Å². The van der Waals surface area contributed by atoms with E-state index in [9.17, 15) is 0 Å². The van der Waals surface area contributed by atoms with E-state index in [1.165, 1.54) is 11.1 Å². The van der Waals surface area contributed by atoms with Crippen LogP contribution in [0.4, 0.5) is 0 Å². The highest BCUT2D eigenvalue weighted by atomic mass is 16.5. The third-order valence-electron chi connectivity index (χ3n) is 3.84. The maximum Gasteiger partial charge on any atom is 0.128 e. The molecule has 0 radical (unpaired) electrons. The normalized spacial score (nSPS) is 11.8. The van der Waals surface area contributed by atoms with Crippen LogP contribution in [0.25, 0.3) is 0 Å². The SMILES string of the molecule is CC.CC.COCC(Oc1ccc(C)cc1)C(C)c1ccc(OC)cc1. The fourth-order valence-electron chi connectivity index (χ4n) is 2.36. The molecule has 0 heterocycles. The highest BCUT2D eigenvalue weighted by Crippen LogP contribution is 2.26. The summed E-state index contributed by atoms with van der Waals surface area (Å²) in [7, 11) is 3.37. The summed E-state index contributed by atoms with van der Waals surface area (Å²) in [6.45, 7) is 12.8. The summed E-state index contributed by atoms with van der Waals surface area (Å²) in [5, 5.41) is 0. The lowest BCUT2D eigenvalue weighted by molar-refractivity contribution is 0.0670. The van der Waals surface area contributed by atoms with Crippen LogP contribution < -0.4 is 9.47 Å². The summed E-state index contributed by atoms with van der Waals surface area (Å²) in [6.07, 6.45) is -0.0406. The first-order valence-corrected chi connectivity index (χ1v) is 9.50. The quantitative estimate of drug-likeness (QED) is 0.584. The van der Waals surface area contributed by atoms with Crippen molar-refractivity contribution in [1.82, 2.24) is 0 Å². The predicted octanol–water partition coefficient (Wildman–Crippen LogP) is 6.25. The van der Waals surface area contributed by atoms with Crippen LogP contribution in [-0.4, -0.2) is 26.9 Å². The number of hydrogen-bond donors (Lipinski definition) is 0. The van der Waals surface area contributed by atoms with E-state index >= 15 is 0 Å². The molecule has 26 heavy (non-hydrogen) atoms. The van der Waals surface area contributed by atoms with Crippen LogP contribution in [0, 0.1) is 6.92 Å². The Kier molecular flexibility index (Phi) is 13.1. The maximum atomic E-state index is 6.13. The molecule has 0 aromatic heterocycles. The molecule has 0 bridgehead atoms. The van der Waals surface area contributed by atoms with E-state index in [1.54, 1.807) is 14.2 Å². The van der Waals surface area contributed by atoms with Gasteiger partial charge in [-0.3, -0.25) is 0 Å². The molecule has 2 rings (SSSR count). The fourth-order valence-corrected chi connectivity index (χ4v) is 2.36. The average molecular weight is 361 g/mol. The first kappa shape index (κ1) is 24.0. The van der Waals surface area contributed by atoms with Crippen LogP contribution in [0.3, 0.4) is 0 Å². The van der Waals surface area contributed by atoms with E-state index in [0.717, 1.165) is 11.5 Å². The number of methoxy groups -OCH3 is 2. The van der Waals surface area contributed by atoms with Gasteiger partial charge in [-0.15, -0.1) is 0 Å². The molecule has 0 aliphatic carbocycles. The molecule has 2 atom stereocenters. The molecule has 3 heteroatoms. The topological polar surface area (TPSA) is 27.7 Å². The Hall–Kier alpha value is -2.00. The second kappa shape index (κ2) is 14.2. The molecule has 0 N–H and O–H groups in total. The zero-order valence-corrected chi connectivity index (χ0v) is 17.7. The molecule has 0 aliphatic rings. The minimum Gasteiger partial charge on any atom is -0.497 e. The molecule has 146 valence electrons. The second-order valence-corrected chi connectivity index (χ2v) is 5.49. The molecule has 0 saturated carbocycles. The van der Waals surface area contributed by atoms with Crippen LogP contribution >= 0.6 is 0 Å². The third kappa shape index (κ3) is 7.92. The number of benzene rings is 2. The smallest absolute Gasteiger partial charge is 0.128 e. The van der Waals surface area contributed by atoms with Gasteiger partial charge < -0.3 is 14.2 Å². The molecule has 0 fully saturated rings. The molecule has 2 aromatic rings. The summed E-state index contributed by atoms with van der Waals surface area (Å²) in [5.74, 6) is 1.94. The van der Waals surface area contributed by atoms with Crippen molar-refractivity contribution in [1.29, 1.82) is 0 Å². The summed E-state index contributed by atoms with van der Waals surface area (Å²) in [4.78, 5) is 0. The molecular formula is C23H36O3. The van der Waals surface area contributed by atoms with Gasteiger partial charge in [0.25, 0.3) is 0 Å². The lowest BCUT2D eigenvalue weighted by atomic mass is 9.95. The lowest BCUT2D eigenvalue weighted by Crippen LogP contribution is -2.28. The van der Waals surface area contributed by atoms with E-state index in [4.69, 9.17) is 14.2 Å². The summed E-state index contributed by atoms with van der Waals surface area (Å²) < 4.78 is 16.7. The first-order valence-electron chi connectivity index (χ1n) is 9.50. The number of hydrogen-bond acceptors (Lipinski definition) is 3. The monoisotopic (exact) mass is 360 g/mol. The third-order valence-corrected chi connectivity index (χ3v) is 3.84. The number of aryl methyl sites for hydroxylation is 1. The van der Waals surface area contributed by atoms with E-state index in [-0.39, 0.29) is 12.0 Å². The van der Waals surface area contributed by atoms with Crippen molar-refractivity contribution in [3.8, 4) is 11.5 Å². The average Bonchev–Trinajstić information content (AvgIpc) is 2.72. The molecule has 0 amide bonds. The van der Waals surface area contributed by atoms with Crippen molar-refractivity contribution in [3.63, 3.8) is 0 Å². The highest BCUT2D eigenvalue weighted by molar-refractivity contribution is 5.31. The van der Waals surface area contributed by atoms with E-state index in [0.29, 0.717) is 6.61 Å². The fraction of sp³-hybridized carbons (Fsp3) is 0.478. The van der Waals surface area contributed by atoms with Crippen LogP contribution in [0.1, 0.15) is 51.7 Å². The minimum atomic E-state index is -0.0406. The van der Waals surface area contributed by atoms with Crippen LogP contribution in [-0.2, 0) is 4.74 Å². The molecule has 0 spiro atoms. The van der Waals surface area contributed by atoms with Gasteiger partial charge in [-0.05, 0) is 36.8 Å². The van der Waals surface area contributed by atoms with E-state index in [1.807, 2.05) is 52.0 Å². The summed E-state index contributed by atoms with van der Waals surface area (Å²) in [5.41, 5.74) is 2.42. The van der Waals surface area contributed by atoms with Crippen LogP contribution in [0.15, 0.2) is 48.5 Å². The lowest BCUT2D eigenvalue weighted by Gasteiger charge is -2.25. The van der Waals surface area contributed by atoms with Crippen LogP contribution in [0.5, 0.6) is 11.5 Å².